The van der Waals surface area contributed by atoms with Crippen LogP contribution in [0.15, 0.2) is 43.0 Å². The van der Waals surface area contributed by atoms with Crippen LogP contribution in [-0.4, -0.2) is 48.2 Å². The minimum absolute atomic E-state index is 0.0187. The van der Waals surface area contributed by atoms with Gasteiger partial charge in [-0.05, 0) is 32.0 Å². The van der Waals surface area contributed by atoms with Crippen LogP contribution in [0.4, 0.5) is 0 Å². The summed E-state index contributed by atoms with van der Waals surface area (Å²) >= 11 is 0. The Labute approximate surface area is 152 Å². The average Bonchev–Trinajstić information content (AvgIpc) is 3.25. The van der Waals surface area contributed by atoms with Crippen LogP contribution in [0.2, 0.25) is 0 Å². The van der Waals surface area contributed by atoms with E-state index < -0.39 is 0 Å². The number of aromatic nitrogens is 5. The first-order valence-corrected chi connectivity index (χ1v) is 8.91. The number of carbonyl (C=O) groups is 1. The number of nitrogens with zero attached hydrogens (tertiary/aromatic N) is 6. The molecule has 0 radical (unpaired) electrons. The summed E-state index contributed by atoms with van der Waals surface area (Å²) in [5.41, 5.74) is 2.72. The highest BCUT2D eigenvalue weighted by molar-refractivity contribution is 5.92. The van der Waals surface area contributed by atoms with Crippen LogP contribution in [0, 0.1) is 12.8 Å². The van der Waals surface area contributed by atoms with E-state index in [9.17, 15) is 4.79 Å². The fraction of sp³-hybridized carbons (Fsp3) is 0.368. The number of rotatable bonds is 5. The van der Waals surface area contributed by atoms with E-state index in [1.54, 1.807) is 23.1 Å². The van der Waals surface area contributed by atoms with Gasteiger partial charge in [-0.3, -0.25) is 14.5 Å². The Bertz CT molecular complexity index is 907. The second-order valence-corrected chi connectivity index (χ2v) is 6.70. The molecular formula is C19H22N6O. The van der Waals surface area contributed by atoms with E-state index in [2.05, 4.69) is 26.6 Å². The third-order valence-corrected chi connectivity index (χ3v) is 4.86. The van der Waals surface area contributed by atoms with Crippen LogP contribution in [0.1, 0.15) is 23.1 Å². The molecule has 26 heavy (non-hydrogen) atoms. The number of amides is 1. The van der Waals surface area contributed by atoms with Crippen molar-refractivity contribution in [3.8, 4) is 11.4 Å². The Morgan fingerprint density at radius 2 is 2.00 bits per heavy atom. The van der Waals surface area contributed by atoms with Gasteiger partial charge in [-0.25, -0.2) is 4.98 Å². The minimum atomic E-state index is 0.0187. The first-order chi connectivity index (χ1) is 12.7. The SMILES string of the molecule is CCn1ccc(C(=O)N2CC(Cn3c(C)cnc3-c3ccncc3)C2)n1. The lowest BCUT2D eigenvalue weighted by molar-refractivity contribution is 0.0462. The van der Waals surface area contributed by atoms with Crippen LogP contribution in [0.3, 0.4) is 0 Å². The topological polar surface area (TPSA) is 68.8 Å². The first-order valence-electron chi connectivity index (χ1n) is 8.91. The van der Waals surface area contributed by atoms with Crippen molar-refractivity contribution in [1.82, 2.24) is 29.2 Å². The van der Waals surface area contributed by atoms with Gasteiger partial charge in [0.25, 0.3) is 5.91 Å². The van der Waals surface area contributed by atoms with Crippen molar-refractivity contribution >= 4 is 5.91 Å². The standard InChI is InChI=1S/C19H22N6O/c1-3-24-9-6-17(22-24)19(26)23-11-15(12-23)13-25-14(2)10-21-18(25)16-4-7-20-8-5-16/h4-10,15H,3,11-13H2,1-2H3. The van der Waals surface area contributed by atoms with Gasteiger partial charge in [-0.2, -0.15) is 5.10 Å². The average molecular weight is 350 g/mol. The molecule has 0 aromatic carbocycles. The van der Waals surface area contributed by atoms with Gasteiger partial charge in [0, 0.05) is 68.1 Å². The van der Waals surface area contributed by atoms with E-state index in [1.165, 1.54) is 0 Å². The first kappa shape index (κ1) is 16.5. The van der Waals surface area contributed by atoms with E-state index in [-0.39, 0.29) is 5.91 Å². The number of hydrogen-bond acceptors (Lipinski definition) is 4. The molecule has 0 spiro atoms. The third kappa shape index (κ3) is 3.00. The largest absolute Gasteiger partial charge is 0.336 e. The molecule has 0 N–H and O–H groups in total. The van der Waals surface area contributed by atoms with Gasteiger partial charge in [0.1, 0.15) is 11.5 Å². The normalized spacial score (nSPS) is 14.5. The van der Waals surface area contributed by atoms with Gasteiger partial charge < -0.3 is 9.47 Å². The lowest BCUT2D eigenvalue weighted by Crippen LogP contribution is -2.51. The molecular weight excluding hydrogens is 328 g/mol. The predicted octanol–water partition coefficient (Wildman–Crippen LogP) is 2.24. The molecule has 4 rings (SSSR count). The predicted molar refractivity (Wildman–Crippen MR) is 97.5 cm³/mol. The van der Waals surface area contributed by atoms with Crippen molar-refractivity contribution in [3.63, 3.8) is 0 Å². The smallest absolute Gasteiger partial charge is 0.274 e. The summed E-state index contributed by atoms with van der Waals surface area (Å²) in [5, 5.41) is 4.30. The molecule has 0 atom stereocenters. The summed E-state index contributed by atoms with van der Waals surface area (Å²) in [5.74, 6) is 1.40. The van der Waals surface area contributed by atoms with Crippen molar-refractivity contribution < 1.29 is 4.79 Å². The quantitative estimate of drug-likeness (QED) is 0.708. The number of pyridine rings is 1. The monoisotopic (exact) mass is 350 g/mol. The highest BCUT2D eigenvalue weighted by Crippen LogP contribution is 2.25. The Hall–Kier alpha value is -2.96. The van der Waals surface area contributed by atoms with Gasteiger partial charge in [-0.15, -0.1) is 0 Å². The van der Waals surface area contributed by atoms with E-state index in [4.69, 9.17) is 0 Å². The van der Waals surface area contributed by atoms with E-state index >= 15 is 0 Å². The fourth-order valence-corrected chi connectivity index (χ4v) is 3.35. The molecule has 1 aliphatic rings. The number of likely N-dealkylation sites (tertiary alicyclic amines) is 1. The van der Waals surface area contributed by atoms with Crippen molar-refractivity contribution in [3.05, 3.63) is 54.4 Å². The Morgan fingerprint density at radius 3 is 2.69 bits per heavy atom. The maximum atomic E-state index is 12.5. The lowest BCUT2D eigenvalue weighted by atomic mass is 9.99. The zero-order valence-electron chi connectivity index (χ0n) is 15.0. The van der Waals surface area contributed by atoms with Crippen molar-refractivity contribution in [2.75, 3.05) is 13.1 Å². The number of hydrogen-bond donors (Lipinski definition) is 0. The third-order valence-electron chi connectivity index (χ3n) is 4.86. The molecule has 0 saturated carbocycles. The summed E-state index contributed by atoms with van der Waals surface area (Å²) in [4.78, 5) is 23.0. The van der Waals surface area contributed by atoms with Crippen LogP contribution in [0.5, 0.6) is 0 Å². The molecule has 0 unspecified atom stereocenters. The number of aryl methyl sites for hydroxylation is 2. The summed E-state index contributed by atoms with van der Waals surface area (Å²) in [6.07, 6.45) is 7.31. The molecule has 3 aromatic rings. The van der Waals surface area contributed by atoms with Crippen molar-refractivity contribution in [1.29, 1.82) is 0 Å². The summed E-state index contributed by atoms with van der Waals surface area (Å²) in [6, 6.07) is 5.73. The van der Waals surface area contributed by atoms with E-state index in [0.29, 0.717) is 11.6 Å². The summed E-state index contributed by atoms with van der Waals surface area (Å²) < 4.78 is 4.01. The zero-order valence-corrected chi connectivity index (χ0v) is 15.0. The molecule has 1 amide bonds. The molecule has 3 aromatic heterocycles. The maximum Gasteiger partial charge on any atom is 0.274 e. The minimum Gasteiger partial charge on any atom is -0.336 e. The van der Waals surface area contributed by atoms with Gasteiger partial charge in [0.05, 0.1) is 0 Å². The van der Waals surface area contributed by atoms with Gasteiger partial charge >= 0.3 is 0 Å². The summed E-state index contributed by atoms with van der Waals surface area (Å²) in [6.45, 7) is 7.21. The highest BCUT2D eigenvalue weighted by atomic mass is 16.2. The van der Waals surface area contributed by atoms with Gasteiger partial charge in [0.2, 0.25) is 0 Å². The van der Waals surface area contributed by atoms with Crippen molar-refractivity contribution in [2.24, 2.45) is 5.92 Å². The molecule has 1 fully saturated rings. The molecule has 0 aliphatic carbocycles. The maximum absolute atomic E-state index is 12.5. The number of imidazole rings is 1. The fourth-order valence-electron chi connectivity index (χ4n) is 3.35. The molecule has 7 heteroatoms. The second-order valence-electron chi connectivity index (χ2n) is 6.70. The molecule has 134 valence electrons. The lowest BCUT2D eigenvalue weighted by Gasteiger charge is -2.39. The van der Waals surface area contributed by atoms with Gasteiger partial charge in [-0.1, -0.05) is 0 Å². The second kappa shape index (κ2) is 6.74. The highest BCUT2D eigenvalue weighted by Gasteiger charge is 2.33. The molecule has 1 saturated heterocycles. The summed E-state index contributed by atoms with van der Waals surface area (Å²) in [7, 11) is 0. The van der Waals surface area contributed by atoms with Crippen molar-refractivity contribution in [2.45, 2.75) is 26.9 Å². The van der Waals surface area contributed by atoms with Crippen LogP contribution in [0.25, 0.3) is 11.4 Å². The molecule has 0 bridgehead atoms. The van der Waals surface area contributed by atoms with Crippen LogP contribution < -0.4 is 0 Å². The van der Waals surface area contributed by atoms with Crippen LogP contribution >= 0.6 is 0 Å². The Balaban J connectivity index is 1.42. The van der Waals surface area contributed by atoms with Crippen LogP contribution in [-0.2, 0) is 13.1 Å². The molecule has 7 nitrogen and oxygen atoms in total. The van der Waals surface area contributed by atoms with Gasteiger partial charge in [0.15, 0.2) is 0 Å². The Kier molecular flexibility index (Phi) is 4.28. The van der Waals surface area contributed by atoms with E-state index in [0.717, 1.165) is 43.3 Å². The number of carbonyl (C=O) groups excluding carboxylic acids is 1. The van der Waals surface area contributed by atoms with E-state index in [1.807, 2.05) is 36.4 Å². The zero-order chi connectivity index (χ0) is 18.1. The Morgan fingerprint density at radius 1 is 1.23 bits per heavy atom. The molecule has 4 heterocycles. The molecule has 1 aliphatic heterocycles.